The predicted octanol–water partition coefficient (Wildman–Crippen LogP) is 3.82. The van der Waals surface area contributed by atoms with Crippen LogP contribution < -0.4 is 0 Å². The molecule has 1 atom stereocenters. The van der Waals surface area contributed by atoms with Crippen molar-refractivity contribution in [3.8, 4) is 0 Å². The van der Waals surface area contributed by atoms with E-state index in [-0.39, 0.29) is 0 Å². The molecule has 1 N–H and O–H groups in total. The van der Waals surface area contributed by atoms with Gasteiger partial charge in [-0.1, -0.05) is 28.1 Å². The zero-order chi connectivity index (χ0) is 13.3. The molecule has 0 amide bonds. The number of hydrogen-bond acceptors (Lipinski definition) is 2. The number of benzene rings is 1. The van der Waals surface area contributed by atoms with Crippen molar-refractivity contribution in [2.75, 3.05) is 0 Å². The third-order valence-electron chi connectivity index (χ3n) is 2.90. The lowest BCUT2D eigenvalue weighted by Gasteiger charge is -2.14. The van der Waals surface area contributed by atoms with E-state index in [1.54, 1.807) is 10.9 Å². The van der Waals surface area contributed by atoms with Gasteiger partial charge in [-0.15, -0.1) is 0 Å². The van der Waals surface area contributed by atoms with Gasteiger partial charge in [-0.2, -0.15) is 5.10 Å². The predicted molar refractivity (Wildman–Crippen MR) is 78.5 cm³/mol. The zero-order valence-corrected chi connectivity index (χ0v) is 13.4. The Labute approximate surface area is 123 Å². The Bertz CT molecular complexity index is 566. The van der Waals surface area contributed by atoms with E-state index in [0.29, 0.717) is 0 Å². The molecule has 96 valence electrons. The van der Waals surface area contributed by atoms with E-state index in [2.05, 4.69) is 37.0 Å². The molecule has 0 bridgehead atoms. The Morgan fingerprint density at radius 1 is 1.33 bits per heavy atom. The summed E-state index contributed by atoms with van der Waals surface area (Å²) < 4.78 is 3.62. The Morgan fingerprint density at radius 3 is 2.67 bits per heavy atom. The summed E-state index contributed by atoms with van der Waals surface area (Å²) in [4.78, 5) is 0. The van der Waals surface area contributed by atoms with Gasteiger partial charge in [0.05, 0.1) is 16.4 Å². The topological polar surface area (TPSA) is 38.0 Å². The lowest BCUT2D eigenvalue weighted by Crippen LogP contribution is -2.09. The molecule has 1 aromatic carbocycles. The van der Waals surface area contributed by atoms with Crippen molar-refractivity contribution in [1.82, 2.24) is 9.78 Å². The fraction of sp³-hybridized carbons (Fsp3) is 0.308. The van der Waals surface area contributed by atoms with Gasteiger partial charge in [-0.3, -0.25) is 4.68 Å². The summed E-state index contributed by atoms with van der Waals surface area (Å²) in [5.74, 6) is 0. The van der Waals surface area contributed by atoms with Crippen LogP contribution in [0.4, 0.5) is 0 Å². The second-order valence-electron chi connectivity index (χ2n) is 4.10. The first-order chi connectivity index (χ1) is 8.54. The summed E-state index contributed by atoms with van der Waals surface area (Å²) in [7, 11) is 0. The molecule has 1 unspecified atom stereocenters. The molecule has 18 heavy (non-hydrogen) atoms. The summed E-state index contributed by atoms with van der Waals surface area (Å²) in [5, 5.41) is 14.7. The summed E-state index contributed by atoms with van der Waals surface area (Å²) in [6.45, 7) is 4.75. The van der Waals surface area contributed by atoms with E-state index >= 15 is 0 Å². The molecule has 0 saturated heterocycles. The van der Waals surface area contributed by atoms with Crippen molar-refractivity contribution in [2.45, 2.75) is 26.5 Å². The van der Waals surface area contributed by atoms with E-state index in [4.69, 9.17) is 0 Å². The molecule has 2 rings (SSSR count). The third kappa shape index (κ3) is 2.53. The van der Waals surface area contributed by atoms with Crippen LogP contribution in [0.25, 0.3) is 0 Å². The van der Waals surface area contributed by atoms with Gasteiger partial charge in [0.1, 0.15) is 6.10 Å². The molecule has 0 aliphatic carbocycles. The molecule has 5 heteroatoms. The Hall–Kier alpha value is -0.650. The summed E-state index contributed by atoms with van der Waals surface area (Å²) in [6, 6.07) is 5.87. The van der Waals surface area contributed by atoms with Crippen molar-refractivity contribution >= 4 is 31.9 Å². The van der Waals surface area contributed by atoms with E-state index < -0.39 is 6.10 Å². The van der Waals surface area contributed by atoms with Crippen LogP contribution in [0.5, 0.6) is 0 Å². The average molecular weight is 374 g/mol. The highest BCUT2D eigenvalue weighted by atomic mass is 79.9. The van der Waals surface area contributed by atoms with Crippen LogP contribution in [0, 0.1) is 6.92 Å². The monoisotopic (exact) mass is 372 g/mol. The van der Waals surface area contributed by atoms with Gasteiger partial charge in [0.2, 0.25) is 0 Å². The normalized spacial score (nSPS) is 12.7. The molecule has 2 aromatic rings. The van der Waals surface area contributed by atoms with Gasteiger partial charge in [-0.25, -0.2) is 0 Å². The number of aliphatic hydroxyl groups is 1. The summed E-state index contributed by atoms with van der Waals surface area (Å²) in [5.41, 5.74) is 2.78. The molecule has 0 fully saturated rings. The van der Waals surface area contributed by atoms with Crippen molar-refractivity contribution in [2.24, 2.45) is 0 Å². The van der Waals surface area contributed by atoms with E-state index in [1.165, 1.54) is 0 Å². The van der Waals surface area contributed by atoms with Gasteiger partial charge in [0.15, 0.2) is 0 Å². The lowest BCUT2D eigenvalue weighted by molar-refractivity contribution is 0.207. The van der Waals surface area contributed by atoms with Gasteiger partial charge >= 0.3 is 0 Å². The fourth-order valence-corrected chi connectivity index (χ4v) is 2.74. The lowest BCUT2D eigenvalue weighted by atomic mass is 10.0. The van der Waals surface area contributed by atoms with E-state index in [1.807, 2.05) is 32.0 Å². The van der Waals surface area contributed by atoms with Crippen LogP contribution in [0.15, 0.2) is 33.3 Å². The first kappa shape index (κ1) is 13.8. The minimum atomic E-state index is -0.682. The van der Waals surface area contributed by atoms with Crippen LogP contribution in [0.3, 0.4) is 0 Å². The highest BCUT2D eigenvalue weighted by Gasteiger charge is 2.19. The summed E-state index contributed by atoms with van der Waals surface area (Å²) >= 11 is 6.92. The Balaban J connectivity index is 2.44. The van der Waals surface area contributed by atoms with Crippen LogP contribution in [-0.2, 0) is 6.54 Å². The number of aromatic nitrogens is 2. The molecule has 0 aliphatic rings. The first-order valence-electron chi connectivity index (χ1n) is 5.70. The maximum atomic E-state index is 10.5. The first-order valence-corrected chi connectivity index (χ1v) is 7.28. The van der Waals surface area contributed by atoms with Crippen molar-refractivity contribution in [1.29, 1.82) is 0 Å². The van der Waals surface area contributed by atoms with Crippen molar-refractivity contribution in [3.63, 3.8) is 0 Å². The number of rotatable bonds is 3. The number of nitrogens with zero attached hydrogens (tertiary/aromatic N) is 2. The van der Waals surface area contributed by atoms with Crippen LogP contribution in [-0.4, -0.2) is 14.9 Å². The smallest absolute Gasteiger partial charge is 0.122 e. The number of aryl methyl sites for hydroxylation is 2. The quantitative estimate of drug-likeness (QED) is 0.888. The van der Waals surface area contributed by atoms with Crippen LogP contribution in [0.1, 0.15) is 29.8 Å². The number of hydrogen-bond donors (Lipinski definition) is 1. The third-order valence-corrected chi connectivity index (χ3v) is 4.37. The Kier molecular flexibility index (Phi) is 4.25. The van der Waals surface area contributed by atoms with E-state index in [0.717, 1.165) is 32.3 Å². The molecule has 0 spiro atoms. The van der Waals surface area contributed by atoms with Gasteiger partial charge < -0.3 is 5.11 Å². The molecule has 3 nitrogen and oxygen atoms in total. The fourth-order valence-electron chi connectivity index (χ4n) is 1.83. The minimum Gasteiger partial charge on any atom is -0.382 e. The van der Waals surface area contributed by atoms with Gasteiger partial charge in [0, 0.05) is 11.0 Å². The van der Waals surface area contributed by atoms with Crippen molar-refractivity contribution in [3.05, 3.63) is 50.2 Å². The van der Waals surface area contributed by atoms with Gasteiger partial charge in [0.25, 0.3) is 0 Å². The summed E-state index contributed by atoms with van der Waals surface area (Å²) in [6.07, 6.45) is 1.03. The molecular formula is C13H14Br2N2O. The molecule has 1 aromatic heterocycles. The number of aliphatic hydroxyl groups excluding tert-OH is 1. The molecule has 0 saturated carbocycles. The molecule has 1 heterocycles. The molecule has 0 radical (unpaired) electrons. The van der Waals surface area contributed by atoms with Crippen LogP contribution >= 0.6 is 31.9 Å². The highest BCUT2D eigenvalue weighted by molar-refractivity contribution is 9.10. The van der Waals surface area contributed by atoms with Gasteiger partial charge in [-0.05, 0) is 47.0 Å². The Morgan fingerprint density at radius 2 is 2.06 bits per heavy atom. The SMILES string of the molecule is CCn1ncc(Br)c1C(O)c1ccc(C)c(Br)c1. The minimum absolute atomic E-state index is 0.682. The maximum absolute atomic E-state index is 10.5. The molecule has 0 aliphatic heterocycles. The second kappa shape index (κ2) is 5.55. The average Bonchev–Trinajstić information content (AvgIpc) is 2.73. The second-order valence-corrected chi connectivity index (χ2v) is 5.81. The standard InChI is InChI=1S/C13H14Br2N2O/c1-3-17-12(11(15)7-16-17)13(18)9-5-4-8(2)10(14)6-9/h4-7,13,18H,3H2,1-2H3. The van der Waals surface area contributed by atoms with E-state index in [9.17, 15) is 5.11 Å². The molecular weight excluding hydrogens is 360 g/mol. The highest BCUT2D eigenvalue weighted by Crippen LogP contribution is 2.30. The van der Waals surface area contributed by atoms with Crippen LogP contribution in [0.2, 0.25) is 0 Å². The maximum Gasteiger partial charge on any atom is 0.122 e. The van der Waals surface area contributed by atoms with Crippen molar-refractivity contribution < 1.29 is 5.11 Å². The zero-order valence-electron chi connectivity index (χ0n) is 10.2. The largest absolute Gasteiger partial charge is 0.382 e. The number of halogens is 2.